The quantitative estimate of drug-likeness (QED) is 0.761. The molecule has 3 aromatic rings. The van der Waals surface area contributed by atoms with Gasteiger partial charge in [0.2, 0.25) is 0 Å². The molecule has 3 heteroatoms. The Balaban J connectivity index is 1.85. The number of hydrogen-bond donors (Lipinski definition) is 1. The molecule has 2 aromatic heterocycles. The van der Waals surface area contributed by atoms with Gasteiger partial charge in [0.05, 0.1) is 7.11 Å². The molecule has 1 N–H and O–H groups in total. The second kappa shape index (κ2) is 4.53. The summed E-state index contributed by atoms with van der Waals surface area (Å²) in [6, 6.07) is 12.3. The summed E-state index contributed by atoms with van der Waals surface area (Å²) >= 11 is 0. The van der Waals surface area contributed by atoms with E-state index >= 15 is 0 Å². The van der Waals surface area contributed by atoms with E-state index in [1.54, 1.807) is 7.11 Å². The highest BCUT2D eigenvalue weighted by molar-refractivity contribution is 5.75. The van der Waals surface area contributed by atoms with Crippen LogP contribution in [0.5, 0.6) is 5.75 Å². The highest BCUT2D eigenvalue weighted by Gasteiger charge is 2.01. The second-order valence-electron chi connectivity index (χ2n) is 4.28. The first kappa shape index (κ1) is 10.8. The third-order valence-electron chi connectivity index (χ3n) is 3.02. The molecule has 3 nitrogen and oxygen atoms in total. The highest BCUT2D eigenvalue weighted by Crippen LogP contribution is 2.17. The maximum absolute atomic E-state index is 5.15. The summed E-state index contributed by atoms with van der Waals surface area (Å²) in [6.07, 6.45) is 4.72. The fourth-order valence-corrected chi connectivity index (χ4v) is 2.06. The van der Waals surface area contributed by atoms with Crippen molar-refractivity contribution in [2.24, 2.45) is 0 Å². The summed E-state index contributed by atoms with van der Waals surface area (Å²) in [7, 11) is 1.68. The maximum atomic E-state index is 5.15. The Morgan fingerprint density at radius 1 is 1.11 bits per heavy atom. The first-order valence-electron chi connectivity index (χ1n) is 5.90. The van der Waals surface area contributed by atoms with E-state index in [1.165, 1.54) is 11.1 Å². The van der Waals surface area contributed by atoms with E-state index in [0.29, 0.717) is 0 Å². The van der Waals surface area contributed by atoms with Gasteiger partial charge in [0.25, 0.3) is 0 Å². The van der Waals surface area contributed by atoms with Crippen molar-refractivity contribution in [3.05, 3.63) is 59.9 Å². The van der Waals surface area contributed by atoms with Crippen molar-refractivity contribution >= 4 is 11.0 Å². The van der Waals surface area contributed by atoms with Crippen molar-refractivity contribution in [1.29, 1.82) is 0 Å². The van der Waals surface area contributed by atoms with E-state index in [1.807, 2.05) is 30.6 Å². The fourth-order valence-electron chi connectivity index (χ4n) is 2.06. The zero-order chi connectivity index (χ0) is 12.4. The molecule has 1 aromatic carbocycles. The molecule has 0 amide bonds. The van der Waals surface area contributed by atoms with Crippen LogP contribution in [0, 0.1) is 0 Å². The van der Waals surface area contributed by atoms with Crippen LogP contribution in [0.1, 0.15) is 11.1 Å². The molecule has 0 atom stereocenters. The van der Waals surface area contributed by atoms with Crippen LogP contribution in [0.3, 0.4) is 0 Å². The highest BCUT2D eigenvalue weighted by atomic mass is 16.5. The number of ether oxygens (including phenoxy) is 1. The number of benzene rings is 1. The van der Waals surface area contributed by atoms with Crippen LogP contribution in [0.25, 0.3) is 11.0 Å². The molecule has 0 saturated carbocycles. The van der Waals surface area contributed by atoms with Crippen molar-refractivity contribution in [2.75, 3.05) is 7.11 Å². The lowest BCUT2D eigenvalue weighted by Gasteiger charge is -2.04. The molecule has 0 saturated heterocycles. The summed E-state index contributed by atoms with van der Waals surface area (Å²) in [6.45, 7) is 0. The minimum Gasteiger partial charge on any atom is -0.497 e. The second-order valence-corrected chi connectivity index (χ2v) is 4.28. The van der Waals surface area contributed by atoms with Crippen LogP contribution < -0.4 is 4.74 Å². The Hall–Kier alpha value is -2.29. The number of rotatable bonds is 3. The van der Waals surface area contributed by atoms with Gasteiger partial charge in [-0.25, -0.2) is 4.98 Å². The van der Waals surface area contributed by atoms with E-state index < -0.39 is 0 Å². The molecule has 18 heavy (non-hydrogen) atoms. The molecule has 0 aliphatic heterocycles. The number of pyridine rings is 1. The number of aromatic nitrogens is 2. The lowest BCUT2D eigenvalue weighted by atomic mass is 10.1. The predicted molar refractivity (Wildman–Crippen MR) is 71.9 cm³/mol. The van der Waals surface area contributed by atoms with Crippen LogP contribution in [-0.2, 0) is 6.42 Å². The number of fused-ring (bicyclic) bond motifs is 1. The molecule has 0 radical (unpaired) electrons. The first-order chi connectivity index (χ1) is 8.85. The molecule has 0 bridgehead atoms. The van der Waals surface area contributed by atoms with E-state index in [0.717, 1.165) is 23.2 Å². The summed E-state index contributed by atoms with van der Waals surface area (Å²) in [4.78, 5) is 7.49. The zero-order valence-corrected chi connectivity index (χ0v) is 10.2. The Labute approximate surface area is 105 Å². The molecule has 0 unspecified atom stereocenters. The van der Waals surface area contributed by atoms with Crippen LogP contribution in [-0.4, -0.2) is 17.1 Å². The molecule has 0 fully saturated rings. The largest absolute Gasteiger partial charge is 0.497 e. The van der Waals surface area contributed by atoms with Crippen LogP contribution in [0.4, 0.5) is 0 Å². The van der Waals surface area contributed by atoms with Gasteiger partial charge in [0, 0.05) is 17.8 Å². The summed E-state index contributed by atoms with van der Waals surface area (Å²) in [5.74, 6) is 0.887. The Kier molecular flexibility index (Phi) is 2.73. The number of hydrogen-bond acceptors (Lipinski definition) is 2. The zero-order valence-electron chi connectivity index (χ0n) is 10.2. The molecule has 0 aliphatic rings. The molecular formula is C15H14N2O. The minimum absolute atomic E-state index is 0.887. The Bertz CT molecular complexity index is 656. The van der Waals surface area contributed by atoms with Crippen molar-refractivity contribution in [3.8, 4) is 5.75 Å². The minimum atomic E-state index is 0.887. The number of methoxy groups -OCH3 is 1. The summed E-state index contributed by atoms with van der Waals surface area (Å²) in [5.41, 5.74) is 3.41. The van der Waals surface area contributed by atoms with E-state index in [4.69, 9.17) is 4.74 Å². The lowest BCUT2D eigenvalue weighted by molar-refractivity contribution is 0.414. The van der Waals surface area contributed by atoms with E-state index in [-0.39, 0.29) is 0 Å². The Morgan fingerprint density at radius 3 is 2.72 bits per heavy atom. The average Bonchev–Trinajstić information content (AvgIpc) is 2.87. The number of aromatic amines is 1. The molecule has 0 aliphatic carbocycles. The van der Waals surface area contributed by atoms with Gasteiger partial charge in [-0.2, -0.15) is 0 Å². The van der Waals surface area contributed by atoms with Crippen molar-refractivity contribution in [2.45, 2.75) is 6.42 Å². The molecule has 2 heterocycles. The van der Waals surface area contributed by atoms with Crippen LogP contribution in [0.2, 0.25) is 0 Å². The predicted octanol–water partition coefficient (Wildman–Crippen LogP) is 3.16. The monoisotopic (exact) mass is 238 g/mol. The van der Waals surface area contributed by atoms with E-state index in [2.05, 4.69) is 28.2 Å². The smallest absolute Gasteiger partial charge is 0.137 e. The SMILES string of the molecule is COc1ccc(Cc2cnc3[nH]ccc3c2)cc1. The summed E-state index contributed by atoms with van der Waals surface area (Å²) < 4.78 is 5.15. The third-order valence-corrected chi connectivity index (χ3v) is 3.02. The van der Waals surface area contributed by atoms with Crippen LogP contribution >= 0.6 is 0 Å². The lowest BCUT2D eigenvalue weighted by Crippen LogP contribution is -1.90. The number of nitrogens with zero attached hydrogens (tertiary/aromatic N) is 1. The first-order valence-corrected chi connectivity index (χ1v) is 5.90. The standard InChI is InChI=1S/C15H14N2O/c1-18-14-4-2-11(3-5-14)8-12-9-13-6-7-16-15(13)17-10-12/h2-7,9-10H,8H2,1H3,(H,16,17). The van der Waals surface area contributed by atoms with Gasteiger partial charge in [-0.05, 0) is 41.8 Å². The van der Waals surface area contributed by atoms with Crippen molar-refractivity contribution < 1.29 is 4.74 Å². The Morgan fingerprint density at radius 2 is 1.94 bits per heavy atom. The maximum Gasteiger partial charge on any atom is 0.137 e. The average molecular weight is 238 g/mol. The third kappa shape index (κ3) is 2.07. The van der Waals surface area contributed by atoms with Crippen molar-refractivity contribution in [1.82, 2.24) is 9.97 Å². The molecular weight excluding hydrogens is 224 g/mol. The van der Waals surface area contributed by atoms with Gasteiger partial charge < -0.3 is 9.72 Å². The van der Waals surface area contributed by atoms with Gasteiger partial charge in [-0.1, -0.05) is 12.1 Å². The van der Waals surface area contributed by atoms with Gasteiger partial charge >= 0.3 is 0 Å². The van der Waals surface area contributed by atoms with Crippen molar-refractivity contribution in [3.63, 3.8) is 0 Å². The number of nitrogens with one attached hydrogen (secondary N) is 1. The summed E-state index contributed by atoms with van der Waals surface area (Å²) in [5, 5.41) is 1.15. The molecule has 90 valence electrons. The van der Waals surface area contributed by atoms with Gasteiger partial charge in [0.15, 0.2) is 0 Å². The molecule has 3 rings (SSSR count). The van der Waals surface area contributed by atoms with E-state index in [9.17, 15) is 0 Å². The van der Waals surface area contributed by atoms with Crippen LogP contribution in [0.15, 0.2) is 48.8 Å². The normalized spacial score (nSPS) is 10.7. The van der Waals surface area contributed by atoms with Gasteiger partial charge in [-0.15, -0.1) is 0 Å². The molecule has 0 spiro atoms. The van der Waals surface area contributed by atoms with Gasteiger partial charge in [-0.3, -0.25) is 0 Å². The van der Waals surface area contributed by atoms with Gasteiger partial charge in [0.1, 0.15) is 11.4 Å². The fraction of sp³-hybridized carbons (Fsp3) is 0.133. The topological polar surface area (TPSA) is 37.9 Å². The number of H-pyrrole nitrogens is 1.